The van der Waals surface area contributed by atoms with E-state index in [0.717, 1.165) is 12.1 Å². The molecule has 0 amide bonds. The second-order valence-electron chi connectivity index (χ2n) is 5.53. The van der Waals surface area contributed by atoms with E-state index in [1.54, 1.807) is 0 Å². The minimum atomic E-state index is -4.49. The third-order valence-corrected chi connectivity index (χ3v) is 3.48. The van der Waals surface area contributed by atoms with Gasteiger partial charge in [0.2, 0.25) is 5.82 Å². The van der Waals surface area contributed by atoms with E-state index in [1.165, 1.54) is 30.8 Å². The van der Waals surface area contributed by atoms with Gasteiger partial charge in [-0.25, -0.2) is 4.68 Å². The van der Waals surface area contributed by atoms with E-state index >= 15 is 0 Å². The molecule has 1 aromatic heterocycles. The number of aromatic nitrogens is 2. The van der Waals surface area contributed by atoms with Crippen LogP contribution in [0.15, 0.2) is 24.3 Å². The Morgan fingerprint density at radius 1 is 1.46 bits per heavy atom. The molecule has 11 heteroatoms. The molecule has 26 heavy (non-hydrogen) atoms. The maximum Gasteiger partial charge on any atom is 0.416 e. The van der Waals surface area contributed by atoms with Gasteiger partial charge in [0.05, 0.1) is 10.5 Å². The molecule has 0 aliphatic rings. The molecular formula is C15H17F3N4O4. The Hall–Kier alpha value is -2.82. The van der Waals surface area contributed by atoms with Crippen molar-refractivity contribution in [2.45, 2.75) is 19.2 Å². The summed E-state index contributed by atoms with van der Waals surface area (Å²) >= 11 is 0. The first kappa shape index (κ1) is 19.5. The maximum atomic E-state index is 12.6. The largest absolute Gasteiger partial charge is 0.491 e. The van der Waals surface area contributed by atoms with Crippen molar-refractivity contribution < 1.29 is 27.9 Å². The zero-order valence-electron chi connectivity index (χ0n) is 13.9. The van der Waals surface area contributed by atoms with Crippen molar-refractivity contribution in [3.8, 4) is 5.75 Å². The Balaban J connectivity index is 1.95. The minimum Gasteiger partial charge on any atom is -0.491 e. The Labute approximate surface area is 146 Å². The number of benzene rings is 1. The number of hydrogen-bond donors (Lipinski definition) is 2. The average molecular weight is 374 g/mol. The predicted octanol–water partition coefficient (Wildman–Crippen LogP) is 2.51. The normalized spacial score (nSPS) is 12.7. The van der Waals surface area contributed by atoms with Gasteiger partial charge < -0.3 is 15.2 Å². The summed E-state index contributed by atoms with van der Waals surface area (Å²) in [5.41, 5.74) is -0.850. The van der Waals surface area contributed by atoms with Crippen LogP contribution in [0.2, 0.25) is 0 Å². The lowest BCUT2D eigenvalue weighted by Gasteiger charge is -2.15. The van der Waals surface area contributed by atoms with Crippen molar-refractivity contribution in [1.82, 2.24) is 9.78 Å². The highest BCUT2D eigenvalue weighted by Gasteiger charge is 2.30. The zero-order chi connectivity index (χ0) is 19.5. The second-order valence-corrected chi connectivity index (χ2v) is 5.53. The first-order chi connectivity index (χ1) is 12.1. The monoisotopic (exact) mass is 374 g/mol. The van der Waals surface area contributed by atoms with Crippen LogP contribution in [0.4, 0.5) is 24.7 Å². The third kappa shape index (κ3) is 4.63. The van der Waals surface area contributed by atoms with Crippen LogP contribution >= 0.6 is 0 Å². The maximum absolute atomic E-state index is 12.6. The van der Waals surface area contributed by atoms with Crippen LogP contribution in [-0.4, -0.2) is 39.1 Å². The van der Waals surface area contributed by atoms with Crippen LogP contribution in [0, 0.1) is 17.0 Å². The highest BCUT2D eigenvalue weighted by molar-refractivity contribution is 5.59. The summed E-state index contributed by atoms with van der Waals surface area (Å²) in [6, 6.07) is 4.28. The van der Waals surface area contributed by atoms with Gasteiger partial charge in [0.15, 0.2) is 0 Å². The van der Waals surface area contributed by atoms with Gasteiger partial charge >= 0.3 is 11.9 Å². The van der Waals surface area contributed by atoms with Crippen molar-refractivity contribution in [3.63, 3.8) is 0 Å². The molecule has 8 nitrogen and oxygen atoms in total. The van der Waals surface area contributed by atoms with Crippen LogP contribution in [0.3, 0.4) is 0 Å². The van der Waals surface area contributed by atoms with Gasteiger partial charge in [0.25, 0.3) is 0 Å². The molecular weight excluding hydrogens is 357 g/mol. The number of rotatable bonds is 7. The summed E-state index contributed by atoms with van der Waals surface area (Å²) in [7, 11) is 1.51. The molecule has 0 aliphatic carbocycles. The summed E-state index contributed by atoms with van der Waals surface area (Å²) in [4.78, 5) is 10.5. The number of halogens is 3. The van der Waals surface area contributed by atoms with E-state index in [4.69, 9.17) is 4.74 Å². The number of aliphatic hydroxyl groups excluding tert-OH is 1. The summed E-state index contributed by atoms with van der Waals surface area (Å²) < 4.78 is 44.4. The SMILES string of the molecule is Cc1nn(C)c(NC[C@H](O)COc2cccc(C(F)(F)F)c2)c1[N+](=O)[O-]. The molecule has 2 N–H and O–H groups in total. The lowest BCUT2D eigenvalue weighted by molar-refractivity contribution is -0.384. The van der Waals surface area contributed by atoms with Crippen molar-refractivity contribution >= 4 is 11.5 Å². The quantitative estimate of drug-likeness (QED) is 0.570. The number of nitro groups is 1. The fraction of sp³-hybridized carbons (Fsp3) is 0.400. The first-order valence-corrected chi connectivity index (χ1v) is 7.49. The van der Waals surface area contributed by atoms with E-state index < -0.39 is 22.8 Å². The highest BCUT2D eigenvalue weighted by Crippen LogP contribution is 2.31. The van der Waals surface area contributed by atoms with Crippen LogP contribution in [0.25, 0.3) is 0 Å². The van der Waals surface area contributed by atoms with Gasteiger partial charge in [-0.05, 0) is 25.1 Å². The van der Waals surface area contributed by atoms with Crippen molar-refractivity contribution in [3.05, 3.63) is 45.6 Å². The molecule has 0 saturated heterocycles. The number of hydrogen-bond acceptors (Lipinski definition) is 6. The van der Waals surface area contributed by atoms with E-state index in [9.17, 15) is 28.4 Å². The summed E-state index contributed by atoms with van der Waals surface area (Å²) in [5.74, 6) is 0.0758. The molecule has 0 aliphatic heterocycles. The minimum absolute atomic E-state index is 0.0405. The number of alkyl halides is 3. The average Bonchev–Trinajstić information content (AvgIpc) is 2.84. The number of ether oxygens (including phenoxy) is 1. The summed E-state index contributed by atoms with van der Waals surface area (Å²) in [6.45, 7) is 1.08. The fourth-order valence-corrected chi connectivity index (χ4v) is 2.29. The van der Waals surface area contributed by atoms with Gasteiger partial charge in [0, 0.05) is 13.6 Å². The van der Waals surface area contributed by atoms with Crippen molar-refractivity contribution in [2.24, 2.45) is 7.05 Å². The molecule has 0 unspecified atom stereocenters. The van der Waals surface area contributed by atoms with Crippen LogP contribution in [0.5, 0.6) is 5.75 Å². The number of aryl methyl sites for hydroxylation is 2. The summed E-state index contributed by atoms with van der Waals surface area (Å²) in [6.07, 6.45) is -5.60. The van der Waals surface area contributed by atoms with Crippen LogP contribution < -0.4 is 10.1 Å². The lowest BCUT2D eigenvalue weighted by atomic mass is 10.2. The molecule has 2 aromatic rings. The molecule has 1 heterocycles. The zero-order valence-corrected chi connectivity index (χ0v) is 13.9. The van der Waals surface area contributed by atoms with Crippen LogP contribution in [0.1, 0.15) is 11.3 Å². The van der Waals surface area contributed by atoms with Gasteiger partial charge in [-0.3, -0.25) is 10.1 Å². The van der Waals surface area contributed by atoms with Gasteiger partial charge in [-0.15, -0.1) is 0 Å². The number of nitrogens with zero attached hydrogens (tertiary/aromatic N) is 3. The summed E-state index contributed by atoms with van der Waals surface area (Å²) in [5, 5.41) is 27.6. The fourth-order valence-electron chi connectivity index (χ4n) is 2.29. The molecule has 0 radical (unpaired) electrons. The molecule has 1 aromatic carbocycles. The van der Waals surface area contributed by atoms with Crippen molar-refractivity contribution in [1.29, 1.82) is 0 Å². The number of aliphatic hydroxyl groups is 1. The van der Waals surface area contributed by atoms with E-state index in [2.05, 4.69) is 10.4 Å². The molecule has 0 spiro atoms. The third-order valence-electron chi connectivity index (χ3n) is 3.48. The topological polar surface area (TPSA) is 102 Å². The Morgan fingerprint density at radius 3 is 2.77 bits per heavy atom. The Kier molecular flexibility index (Phi) is 5.70. The smallest absolute Gasteiger partial charge is 0.416 e. The predicted molar refractivity (Wildman–Crippen MR) is 86.0 cm³/mol. The molecule has 0 saturated carbocycles. The number of anilines is 1. The Bertz CT molecular complexity index is 792. The molecule has 0 bridgehead atoms. The second kappa shape index (κ2) is 7.60. The molecule has 142 valence electrons. The van der Waals surface area contributed by atoms with Gasteiger partial charge in [-0.1, -0.05) is 6.07 Å². The standard InChI is InChI=1S/C15H17F3N4O4/c1-9-13(22(24)25)14(21(2)20-9)19-7-11(23)8-26-12-5-3-4-10(6-12)15(16,17)18/h3-6,11,19,23H,7-8H2,1-2H3/t11-/m0/s1. The van der Waals surface area contributed by atoms with E-state index in [-0.39, 0.29) is 36.1 Å². The molecule has 0 fully saturated rings. The van der Waals surface area contributed by atoms with Gasteiger partial charge in [0.1, 0.15) is 24.2 Å². The van der Waals surface area contributed by atoms with Crippen LogP contribution in [-0.2, 0) is 13.2 Å². The van der Waals surface area contributed by atoms with Gasteiger partial charge in [-0.2, -0.15) is 18.3 Å². The molecule has 2 rings (SSSR count). The highest BCUT2D eigenvalue weighted by atomic mass is 19.4. The number of nitrogens with one attached hydrogen (secondary N) is 1. The van der Waals surface area contributed by atoms with Crippen molar-refractivity contribution in [2.75, 3.05) is 18.5 Å². The van der Waals surface area contributed by atoms with E-state index in [1.807, 2.05) is 0 Å². The molecule has 1 atom stereocenters. The lowest BCUT2D eigenvalue weighted by Crippen LogP contribution is -2.27. The Morgan fingerprint density at radius 2 is 2.15 bits per heavy atom. The first-order valence-electron chi connectivity index (χ1n) is 7.49. The van der Waals surface area contributed by atoms with E-state index in [0.29, 0.717) is 0 Å².